The van der Waals surface area contributed by atoms with Crippen molar-refractivity contribution in [3.05, 3.63) is 0 Å². The van der Waals surface area contributed by atoms with E-state index in [1.807, 2.05) is 0 Å². The highest BCUT2D eigenvalue weighted by Gasteiger charge is 2.58. The fraction of sp³-hybridized carbons (Fsp3) is 0.933. The molecule has 4 aliphatic carbocycles. The summed E-state index contributed by atoms with van der Waals surface area (Å²) in [6, 6.07) is 0. The second-order valence-electron chi connectivity index (χ2n) is 7.75. The number of aliphatic hydroxyl groups is 1. The van der Waals surface area contributed by atoms with Crippen LogP contribution in [-0.4, -0.2) is 30.1 Å². The minimum absolute atomic E-state index is 0.217. The molecule has 1 amide bonds. The van der Waals surface area contributed by atoms with Gasteiger partial charge in [-0.2, -0.15) is 0 Å². The van der Waals surface area contributed by atoms with Gasteiger partial charge in [-0.05, 0) is 55.8 Å². The second-order valence-corrected chi connectivity index (χ2v) is 7.75. The summed E-state index contributed by atoms with van der Waals surface area (Å²) >= 11 is 0. The zero-order chi connectivity index (χ0) is 14.6. The number of hydrogen-bond acceptors (Lipinski definition) is 2. The van der Waals surface area contributed by atoms with Crippen molar-refractivity contribution in [1.82, 2.24) is 5.32 Å². The SMILES string of the molecule is CC12CC3CC(C1)CC(C(=O)NCC(F)(F)CO)(C3)C2. The predicted molar refractivity (Wildman–Crippen MR) is 70.3 cm³/mol. The molecule has 4 bridgehead atoms. The van der Waals surface area contributed by atoms with Crippen molar-refractivity contribution < 1.29 is 18.7 Å². The molecular formula is C15H23F2NO2. The van der Waals surface area contributed by atoms with Crippen LogP contribution < -0.4 is 5.32 Å². The first-order chi connectivity index (χ1) is 9.26. The quantitative estimate of drug-likeness (QED) is 0.834. The standard InChI is InChI=1S/C15H23F2NO2/c1-13-3-10-2-11(4-13)6-14(5-10,7-13)12(20)18-8-15(16,17)9-19/h10-11,19H,2-9H2,1H3,(H,18,20). The fourth-order valence-corrected chi connectivity index (χ4v) is 5.44. The molecule has 114 valence electrons. The molecule has 3 nitrogen and oxygen atoms in total. The predicted octanol–water partition coefficient (Wildman–Crippen LogP) is 2.34. The van der Waals surface area contributed by atoms with Crippen LogP contribution in [0.5, 0.6) is 0 Å². The topological polar surface area (TPSA) is 49.3 Å². The van der Waals surface area contributed by atoms with Gasteiger partial charge in [0.2, 0.25) is 5.91 Å². The maximum atomic E-state index is 13.1. The number of halogens is 2. The lowest BCUT2D eigenvalue weighted by atomic mass is 9.44. The normalized spacial score (nSPS) is 42.8. The Balaban J connectivity index is 1.71. The van der Waals surface area contributed by atoms with Crippen LogP contribution in [0.25, 0.3) is 0 Å². The molecule has 0 heterocycles. The summed E-state index contributed by atoms with van der Waals surface area (Å²) in [6.07, 6.45) is 6.13. The number of alkyl halides is 2. The molecule has 0 aromatic rings. The van der Waals surface area contributed by atoms with Crippen LogP contribution in [0.1, 0.15) is 45.4 Å². The van der Waals surface area contributed by atoms with E-state index >= 15 is 0 Å². The highest BCUT2D eigenvalue weighted by Crippen LogP contribution is 2.65. The van der Waals surface area contributed by atoms with Crippen molar-refractivity contribution in [3.63, 3.8) is 0 Å². The third-order valence-corrected chi connectivity index (χ3v) is 5.57. The van der Waals surface area contributed by atoms with Gasteiger partial charge in [0.15, 0.2) is 0 Å². The van der Waals surface area contributed by atoms with Gasteiger partial charge in [-0.1, -0.05) is 6.92 Å². The first-order valence-corrected chi connectivity index (χ1v) is 7.53. The Bertz CT molecular complexity index is 410. The average Bonchev–Trinajstić information content (AvgIpc) is 2.33. The van der Waals surface area contributed by atoms with Gasteiger partial charge >= 0.3 is 0 Å². The van der Waals surface area contributed by atoms with Gasteiger partial charge in [0, 0.05) is 0 Å². The fourth-order valence-electron chi connectivity index (χ4n) is 5.44. The molecule has 2 unspecified atom stereocenters. The third-order valence-electron chi connectivity index (χ3n) is 5.57. The summed E-state index contributed by atoms with van der Waals surface area (Å²) in [5, 5.41) is 11.0. The van der Waals surface area contributed by atoms with Crippen molar-refractivity contribution >= 4 is 5.91 Å². The zero-order valence-corrected chi connectivity index (χ0v) is 11.9. The number of nitrogens with one attached hydrogen (secondary N) is 1. The Labute approximate surface area is 118 Å². The van der Waals surface area contributed by atoms with E-state index in [9.17, 15) is 13.6 Å². The molecule has 2 atom stereocenters. The maximum absolute atomic E-state index is 13.1. The number of rotatable bonds is 4. The van der Waals surface area contributed by atoms with Gasteiger partial charge in [0.25, 0.3) is 5.92 Å². The maximum Gasteiger partial charge on any atom is 0.287 e. The van der Waals surface area contributed by atoms with Gasteiger partial charge in [-0.3, -0.25) is 4.79 Å². The Morgan fingerprint density at radius 3 is 2.40 bits per heavy atom. The summed E-state index contributed by atoms with van der Waals surface area (Å²) in [5.41, 5.74) is -0.203. The van der Waals surface area contributed by atoms with E-state index in [-0.39, 0.29) is 11.3 Å². The van der Waals surface area contributed by atoms with Crippen LogP contribution in [0.4, 0.5) is 8.78 Å². The highest BCUT2D eigenvalue weighted by atomic mass is 19.3. The molecule has 4 rings (SSSR count). The van der Waals surface area contributed by atoms with E-state index < -0.39 is 24.5 Å². The Kier molecular flexibility index (Phi) is 3.13. The van der Waals surface area contributed by atoms with Crippen molar-refractivity contribution in [3.8, 4) is 0 Å². The molecule has 0 aromatic heterocycles. The van der Waals surface area contributed by atoms with E-state index in [0.717, 1.165) is 19.3 Å². The molecule has 5 heteroatoms. The lowest BCUT2D eigenvalue weighted by molar-refractivity contribution is -0.157. The lowest BCUT2D eigenvalue weighted by Crippen LogP contribution is -2.57. The molecule has 0 radical (unpaired) electrons. The van der Waals surface area contributed by atoms with Crippen LogP contribution in [-0.2, 0) is 4.79 Å². The summed E-state index contributed by atoms with van der Waals surface area (Å²) in [4.78, 5) is 12.5. The van der Waals surface area contributed by atoms with E-state index in [4.69, 9.17) is 5.11 Å². The highest BCUT2D eigenvalue weighted by molar-refractivity contribution is 5.83. The second kappa shape index (κ2) is 4.39. The third kappa shape index (κ3) is 2.34. The molecule has 20 heavy (non-hydrogen) atoms. The van der Waals surface area contributed by atoms with Crippen LogP contribution in [0.15, 0.2) is 0 Å². The van der Waals surface area contributed by atoms with Crippen LogP contribution >= 0.6 is 0 Å². The van der Waals surface area contributed by atoms with Crippen LogP contribution in [0.2, 0.25) is 0 Å². The van der Waals surface area contributed by atoms with E-state index in [1.165, 1.54) is 19.3 Å². The largest absolute Gasteiger partial charge is 0.390 e. The molecule has 4 saturated carbocycles. The Morgan fingerprint density at radius 2 is 1.90 bits per heavy atom. The molecule has 0 saturated heterocycles. The van der Waals surface area contributed by atoms with E-state index in [0.29, 0.717) is 11.8 Å². The van der Waals surface area contributed by atoms with E-state index in [2.05, 4.69) is 12.2 Å². The average molecular weight is 287 g/mol. The minimum atomic E-state index is -3.22. The number of carbonyl (C=O) groups is 1. The lowest BCUT2D eigenvalue weighted by Gasteiger charge is -2.60. The molecule has 0 aliphatic heterocycles. The monoisotopic (exact) mass is 287 g/mol. The number of carbonyl (C=O) groups excluding carboxylic acids is 1. The minimum Gasteiger partial charge on any atom is -0.390 e. The number of hydrogen-bond donors (Lipinski definition) is 2. The van der Waals surface area contributed by atoms with Gasteiger partial charge in [0.1, 0.15) is 6.61 Å². The summed E-state index contributed by atoms with van der Waals surface area (Å²) in [7, 11) is 0. The number of aliphatic hydroxyl groups excluding tert-OH is 1. The van der Waals surface area contributed by atoms with Gasteiger partial charge < -0.3 is 10.4 Å². The van der Waals surface area contributed by atoms with Crippen molar-refractivity contribution in [2.45, 2.75) is 51.4 Å². The molecule has 4 fully saturated rings. The van der Waals surface area contributed by atoms with Gasteiger partial charge in [-0.25, -0.2) is 8.78 Å². The Morgan fingerprint density at radius 1 is 1.30 bits per heavy atom. The molecule has 0 aromatic carbocycles. The first-order valence-electron chi connectivity index (χ1n) is 7.53. The first kappa shape index (κ1) is 14.2. The van der Waals surface area contributed by atoms with E-state index in [1.54, 1.807) is 0 Å². The molecule has 0 spiro atoms. The Hall–Kier alpha value is -0.710. The molecule has 4 aliphatic rings. The van der Waals surface area contributed by atoms with Crippen LogP contribution in [0, 0.1) is 22.7 Å². The smallest absolute Gasteiger partial charge is 0.287 e. The summed E-state index contributed by atoms with van der Waals surface area (Å²) in [6.45, 7) is 0.272. The summed E-state index contributed by atoms with van der Waals surface area (Å²) < 4.78 is 26.2. The zero-order valence-electron chi connectivity index (χ0n) is 11.9. The van der Waals surface area contributed by atoms with Crippen LogP contribution in [0.3, 0.4) is 0 Å². The van der Waals surface area contributed by atoms with Crippen molar-refractivity contribution in [1.29, 1.82) is 0 Å². The molecular weight excluding hydrogens is 264 g/mol. The number of amides is 1. The summed E-state index contributed by atoms with van der Waals surface area (Å²) in [5.74, 6) is -2.26. The van der Waals surface area contributed by atoms with Gasteiger partial charge in [0.05, 0.1) is 12.0 Å². The van der Waals surface area contributed by atoms with Crippen molar-refractivity contribution in [2.24, 2.45) is 22.7 Å². The van der Waals surface area contributed by atoms with Crippen molar-refractivity contribution in [2.75, 3.05) is 13.2 Å². The van der Waals surface area contributed by atoms with Gasteiger partial charge in [-0.15, -0.1) is 0 Å². The molecule has 2 N–H and O–H groups in total.